The fourth-order valence-corrected chi connectivity index (χ4v) is 2.55. The second-order valence-electron chi connectivity index (χ2n) is 6.18. The Labute approximate surface area is 120 Å². The molecule has 0 saturated heterocycles. The summed E-state index contributed by atoms with van der Waals surface area (Å²) in [6, 6.07) is 0. The highest BCUT2D eigenvalue weighted by Crippen LogP contribution is 2.33. The molecule has 0 atom stereocenters. The van der Waals surface area contributed by atoms with Crippen molar-refractivity contribution in [2.75, 3.05) is 5.73 Å². The lowest BCUT2D eigenvalue weighted by atomic mass is 9.95. The summed E-state index contributed by atoms with van der Waals surface area (Å²) in [5, 5.41) is 4.49. The van der Waals surface area contributed by atoms with Gasteiger partial charge in [0.1, 0.15) is 17.3 Å². The molecule has 0 unspecified atom stereocenters. The minimum atomic E-state index is -0.0308. The molecular weight excluding hydrogens is 250 g/mol. The second-order valence-corrected chi connectivity index (χ2v) is 6.18. The fraction of sp³-hybridized carbons (Fsp3) is 0.600. The average molecular weight is 275 g/mol. The molecule has 5 heteroatoms. The Bertz CT molecular complexity index is 613. The van der Waals surface area contributed by atoms with E-state index in [4.69, 9.17) is 10.7 Å². The van der Waals surface area contributed by atoms with Crippen LogP contribution in [0.2, 0.25) is 0 Å². The van der Waals surface area contributed by atoms with Gasteiger partial charge in [-0.1, -0.05) is 27.7 Å². The largest absolute Gasteiger partial charge is 0.383 e. The normalized spacial score (nSPS) is 12.1. The molecule has 0 aliphatic heterocycles. The van der Waals surface area contributed by atoms with E-state index >= 15 is 0 Å². The van der Waals surface area contributed by atoms with Gasteiger partial charge < -0.3 is 10.3 Å². The van der Waals surface area contributed by atoms with E-state index in [0.29, 0.717) is 0 Å². The lowest BCUT2D eigenvalue weighted by molar-refractivity contribution is 0.508. The summed E-state index contributed by atoms with van der Waals surface area (Å²) in [7, 11) is 1.93. The first kappa shape index (κ1) is 14.6. The van der Waals surface area contributed by atoms with E-state index in [1.54, 1.807) is 0 Å². The third-order valence-electron chi connectivity index (χ3n) is 3.49. The van der Waals surface area contributed by atoms with E-state index in [1.807, 2.05) is 17.9 Å². The van der Waals surface area contributed by atoms with E-state index < -0.39 is 0 Å². The van der Waals surface area contributed by atoms with Crippen molar-refractivity contribution in [1.82, 2.24) is 19.3 Å². The molecule has 2 N–H and O–H groups in total. The van der Waals surface area contributed by atoms with Crippen LogP contribution in [0.1, 0.15) is 46.1 Å². The molecule has 2 heterocycles. The van der Waals surface area contributed by atoms with Crippen molar-refractivity contribution in [2.24, 2.45) is 7.05 Å². The fourth-order valence-electron chi connectivity index (χ4n) is 2.55. The maximum absolute atomic E-state index is 6.34. The number of aryl methyl sites for hydroxylation is 2. The van der Waals surface area contributed by atoms with Crippen LogP contribution < -0.4 is 5.73 Å². The maximum Gasteiger partial charge on any atom is 0.131 e. The molecule has 20 heavy (non-hydrogen) atoms. The van der Waals surface area contributed by atoms with E-state index in [0.717, 1.165) is 41.6 Å². The molecule has 0 spiro atoms. The number of rotatable bonds is 3. The first-order chi connectivity index (χ1) is 9.29. The topological polar surface area (TPSA) is 61.7 Å². The van der Waals surface area contributed by atoms with Crippen molar-refractivity contribution >= 4 is 5.82 Å². The Morgan fingerprint density at radius 2 is 1.90 bits per heavy atom. The van der Waals surface area contributed by atoms with Crippen molar-refractivity contribution in [3.63, 3.8) is 0 Å². The molecule has 0 saturated carbocycles. The van der Waals surface area contributed by atoms with Gasteiger partial charge in [-0.3, -0.25) is 4.68 Å². The van der Waals surface area contributed by atoms with Crippen molar-refractivity contribution < 1.29 is 0 Å². The lowest BCUT2D eigenvalue weighted by Gasteiger charge is -2.19. The van der Waals surface area contributed by atoms with Gasteiger partial charge in [0.15, 0.2) is 0 Å². The standard InChI is InChI=1S/C15H25N5/c1-7-11-10(9-19(6)18-11)12-13(16)20(8-2)14(17-12)15(3,4)5/h9H,7-8,16H2,1-6H3. The summed E-state index contributed by atoms with van der Waals surface area (Å²) in [5.41, 5.74) is 9.26. The van der Waals surface area contributed by atoms with Crippen molar-refractivity contribution in [3.05, 3.63) is 17.7 Å². The molecule has 2 aromatic heterocycles. The molecule has 2 aromatic rings. The van der Waals surface area contributed by atoms with Crippen LogP contribution in [0.15, 0.2) is 6.20 Å². The van der Waals surface area contributed by atoms with Crippen LogP contribution in [-0.4, -0.2) is 19.3 Å². The Morgan fingerprint density at radius 1 is 1.25 bits per heavy atom. The number of nitrogens with two attached hydrogens (primary N) is 1. The molecule has 0 aromatic carbocycles. The first-order valence-electron chi connectivity index (χ1n) is 7.18. The Hall–Kier alpha value is -1.78. The third-order valence-corrected chi connectivity index (χ3v) is 3.49. The molecular formula is C15H25N5. The number of nitrogen functional groups attached to an aromatic ring is 1. The molecule has 0 radical (unpaired) electrons. The molecule has 0 aliphatic rings. The van der Waals surface area contributed by atoms with Gasteiger partial charge in [-0.15, -0.1) is 0 Å². The summed E-state index contributed by atoms with van der Waals surface area (Å²) in [5.74, 6) is 1.76. The van der Waals surface area contributed by atoms with E-state index in [1.165, 1.54) is 0 Å². The number of nitrogens with zero attached hydrogens (tertiary/aromatic N) is 4. The van der Waals surface area contributed by atoms with Crippen LogP contribution in [0.25, 0.3) is 11.3 Å². The predicted molar refractivity (Wildman–Crippen MR) is 82.6 cm³/mol. The molecule has 2 rings (SSSR count). The average Bonchev–Trinajstić information content (AvgIpc) is 2.88. The maximum atomic E-state index is 6.34. The van der Waals surface area contributed by atoms with E-state index in [-0.39, 0.29) is 5.41 Å². The van der Waals surface area contributed by atoms with Crippen LogP contribution in [0, 0.1) is 0 Å². The number of hydrogen-bond acceptors (Lipinski definition) is 3. The quantitative estimate of drug-likeness (QED) is 0.937. The van der Waals surface area contributed by atoms with Crippen LogP contribution in [-0.2, 0) is 25.4 Å². The Balaban J connectivity index is 2.66. The van der Waals surface area contributed by atoms with Crippen LogP contribution in [0.4, 0.5) is 5.82 Å². The SMILES string of the molecule is CCc1nn(C)cc1-c1nc(C(C)(C)C)n(CC)c1N. The minimum absolute atomic E-state index is 0.0308. The lowest BCUT2D eigenvalue weighted by Crippen LogP contribution is -2.19. The summed E-state index contributed by atoms with van der Waals surface area (Å²) >= 11 is 0. The number of aromatic nitrogens is 4. The third kappa shape index (κ3) is 2.32. The summed E-state index contributed by atoms with van der Waals surface area (Å²) in [6.07, 6.45) is 2.88. The molecule has 110 valence electrons. The Kier molecular flexibility index (Phi) is 3.63. The van der Waals surface area contributed by atoms with Crippen LogP contribution >= 0.6 is 0 Å². The second kappa shape index (κ2) is 4.96. The van der Waals surface area contributed by atoms with Gasteiger partial charge in [0.05, 0.1) is 5.69 Å². The minimum Gasteiger partial charge on any atom is -0.383 e. The van der Waals surface area contributed by atoms with Gasteiger partial charge >= 0.3 is 0 Å². The van der Waals surface area contributed by atoms with Gasteiger partial charge in [0, 0.05) is 30.8 Å². The first-order valence-corrected chi connectivity index (χ1v) is 7.18. The molecule has 0 aliphatic carbocycles. The predicted octanol–water partition coefficient (Wildman–Crippen LogP) is 2.75. The van der Waals surface area contributed by atoms with Gasteiger partial charge in [0.25, 0.3) is 0 Å². The van der Waals surface area contributed by atoms with E-state index in [9.17, 15) is 0 Å². The van der Waals surface area contributed by atoms with Gasteiger partial charge in [0.2, 0.25) is 0 Å². The number of anilines is 1. The monoisotopic (exact) mass is 275 g/mol. The van der Waals surface area contributed by atoms with Crippen molar-refractivity contribution in [1.29, 1.82) is 0 Å². The van der Waals surface area contributed by atoms with Gasteiger partial charge in [-0.05, 0) is 13.3 Å². The highest BCUT2D eigenvalue weighted by molar-refractivity contribution is 5.72. The summed E-state index contributed by atoms with van der Waals surface area (Å²) in [4.78, 5) is 4.83. The zero-order valence-electron chi connectivity index (χ0n) is 13.4. The highest BCUT2D eigenvalue weighted by atomic mass is 15.3. The number of hydrogen-bond donors (Lipinski definition) is 1. The molecule has 0 fully saturated rings. The van der Waals surface area contributed by atoms with Crippen LogP contribution in [0.3, 0.4) is 0 Å². The van der Waals surface area contributed by atoms with Gasteiger partial charge in [-0.2, -0.15) is 5.10 Å². The molecule has 0 bridgehead atoms. The molecule has 0 amide bonds. The number of imidazole rings is 1. The highest BCUT2D eigenvalue weighted by Gasteiger charge is 2.26. The van der Waals surface area contributed by atoms with E-state index in [2.05, 4.69) is 44.3 Å². The zero-order valence-corrected chi connectivity index (χ0v) is 13.4. The van der Waals surface area contributed by atoms with Crippen LogP contribution in [0.5, 0.6) is 0 Å². The zero-order chi connectivity index (χ0) is 15.1. The Morgan fingerprint density at radius 3 is 2.35 bits per heavy atom. The van der Waals surface area contributed by atoms with Crippen molar-refractivity contribution in [2.45, 2.75) is 53.0 Å². The summed E-state index contributed by atoms with van der Waals surface area (Å²) < 4.78 is 3.93. The van der Waals surface area contributed by atoms with Crippen molar-refractivity contribution in [3.8, 4) is 11.3 Å². The smallest absolute Gasteiger partial charge is 0.131 e. The van der Waals surface area contributed by atoms with Gasteiger partial charge in [-0.25, -0.2) is 4.98 Å². The summed E-state index contributed by atoms with van der Waals surface area (Å²) in [6.45, 7) is 11.5. The molecule has 5 nitrogen and oxygen atoms in total.